The molecular formula is C22H22FN3O2. The molecule has 5 nitrogen and oxygen atoms in total. The molecule has 0 saturated carbocycles. The highest BCUT2D eigenvalue weighted by Crippen LogP contribution is 2.25. The molecule has 144 valence electrons. The number of carbonyl (C=O) groups is 2. The molecule has 1 aliphatic heterocycles. The molecule has 2 amide bonds. The fraction of sp³-hybridized carbons (Fsp3) is 0.318. The van der Waals surface area contributed by atoms with Crippen LogP contribution in [0.25, 0.3) is 0 Å². The maximum Gasteiger partial charge on any atom is 0.256 e. The van der Waals surface area contributed by atoms with Crippen LogP contribution in [0, 0.1) is 17.1 Å². The Morgan fingerprint density at radius 2 is 1.86 bits per heavy atom. The smallest absolute Gasteiger partial charge is 0.256 e. The number of halogens is 1. The lowest BCUT2D eigenvalue weighted by atomic mass is 10.0. The Kier molecular flexibility index (Phi) is 6.05. The lowest BCUT2D eigenvalue weighted by molar-refractivity contribution is -0.119. The summed E-state index contributed by atoms with van der Waals surface area (Å²) in [7, 11) is 0. The van der Waals surface area contributed by atoms with E-state index in [9.17, 15) is 14.0 Å². The van der Waals surface area contributed by atoms with Crippen molar-refractivity contribution in [2.24, 2.45) is 0 Å². The SMILES string of the molecule is CCC(=O)N(c1ccccc1)C1CCN(C(=O)c2ccc(C#N)cc2F)CC1. The average molecular weight is 379 g/mol. The minimum absolute atomic E-state index is 0.00436. The summed E-state index contributed by atoms with van der Waals surface area (Å²) < 4.78 is 14.2. The van der Waals surface area contributed by atoms with Gasteiger partial charge >= 0.3 is 0 Å². The molecule has 0 atom stereocenters. The third-order valence-corrected chi connectivity index (χ3v) is 5.05. The Hall–Kier alpha value is -3.20. The number of benzene rings is 2. The number of nitrogens with zero attached hydrogens (tertiary/aromatic N) is 3. The molecule has 6 heteroatoms. The summed E-state index contributed by atoms with van der Waals surface area (Å²) in [6.07, 6.45) is 1.67. The summed E-state index contributed by atoms with van der Waals surface area (Å²) in [5.74, 6) is -1.01. The largest absolute Gasteiger partial charge is 0.338 e. The van der Waals surface area contributed by atoms with E-state index in [1.807, 2.05) is 48.2 Å². The van der Waals surface area contributed by atoms with Crippen molar-refractivity contribution in [3.05, 3.63) is 65.5 Å². The van der Waals surface area contributed by atoms with Crippen LogP contribution in [-0.4, -0.2) is 35.8 Å². The van der Waals surface area contributed by atoms with Crippen LogP contribution in [-0.2, 0) is 4.79 Å². The van der Waals surface area contributed by atoms with Crippen LogP contribution >= 0.6 is 0 Å². The third-order valence-electron chi connectivity index (χ3n) is 5.05. The predicted molar refractivity (Wildman–Crippen MR) is 104 cm³/mol. The summed E-state index contributed by atoms with van der Waals surface area (Å²) in [4.78, 5) is 28.6. The first-order valence-electron chi connectivity index (χ1n) is 9.41. The van der Waals surface area contributed by atoms with Crippen LogP contribution in [0.15, 0.2) is 48.5 Å². The summed E-state index contributed by atoms with van der Waals surface area (Å²) in [6.45, 7) is 2.73. The maximum absolute atomic E-state index is 14.2. The topological polar surface area (TPSA) is 64.4 Å². The monoisotopic (exact) mass is 379 g/mol. The van der Waals surface area contributed by atoms with Crippen molar-refractivity contribution in [3.63, 3.8) is 0 Å². The maximum atomic E-state index is 14.2. The number of nitriles is 1. The van der Waals surface area contributed by atoms with Crippen molar-refractivity contribution in [2.45, 2.75) is 32.2 Å². The van der Waals surface area contributed by atoms with Crippen molar-refractivity contribution >= 4 is 17.5 Å². The van der Waals surface area contributed by atoms with Crippen LogP contribution in [0.1, 0.15) is 42.1 Å². The van der Waals surface area contributed by atoms with Crippen molar-refractivity contribution < 1.29 is 14.0 Å². The van der Waals surface area contributed by atoms with Crippen molar-refractivity contribution in [3.8, 4) is 6.07 Å². The van der Waals surface area contributed by atoms with E-state index in [-0.39, 0.29) is 29.0 Å². The van der Waals surface area contributed by atoms with Gasteiger partial charge < -0.3 is 9.80 Å². The van der Waals surface area contributed by atoms with Gasteiger partial charge in [-0.1, -0.05) is 25.1 Å². The normalized spacial score (nSPS) is 14.4. The van der Waals surface area contributed by atoms with E-state index in [0.717, 1.165) is 11.8 Å². The van der Waals surface area contributed by atoms with E-state index >= 15 is 0 Å². The number of likely N-dealkylation sites (tertiary alicyclic amines) is 1. The highest BCUT2D eigenvalue weighted by atomic mass is 19.1. The molecule has 1 heterocycles. The summed E-state index contributed by atoms with van der Waals surface area (Å²) in [5, 5.41) is 8.84. The quantitative estimate of drug-likeness (QED) is 0.813. The van der Waals surface area contributed by atoms with Crippen LogP contribution in [0.3, 0.4) is 0 Å². The van der Waals surface area contributed by atoms with Gasteiger partial charge in [0, 0.05) is 31.2 Å². The van der Waals surface area contributed by atoms with E-state index in [0.29, 0.717) is 32.4 Å². The summed E-state index contributed by atoms with van der Waals surface area (Å²) >= 11 is 0. The number of anilines is 1. The minimum atomic E-state index is -0.682. The van der Waals surface area contributed by atoms with Gasteiger partial charge in [-0.25, -0.2) is 4.39 Å². The zero-order valence-corrected chi connectivity index (χ0v) is 15.8. The van der Waals surface area contributed by atoms with Crippen LogP contribution in [0.4, 0.5) is 10.1 Å². The van der Waals surface area contributed by atoms with Crippen molar-refractivity contribution in [1.29, 1.82) is 5.26 Å². The van der Waals surface area contributed by atoms with Crippen LogP contribution in [0.5, 0.6) is 0 Å². The second-order valence-electron chi connectivity index (χ2n) is 6.78. The molecule has 0 unspecified atom stereocenters. The van der Waals surface area contributed by atoms with Crippen LogP contribution < -0.4 is 4.90 Å². The Labute approximate surface area is 164 Å². The number of para-hydroxylation sites is 1. The first-order chi connectivity index (χ1) is 13.5. The molecule has 0 aromatic heterocycles. The molecule has 1 saturated heterocycles. The van der Waals surface area contributed by atoms with E-state index in [2.05, 4.69) is 0 Å². The van der Waals surface area contributed by atoms with Gasteiger partial charge in [-0.2, -0.15) is 5.26 Å². The molecule has 0 N–H and O–H groups in total. The molecule has 0 radical (unpaired) electrons. The van der Waals surface area contributed by atoms with Gasteiger partial charge in [-0.3, -0.25) is 9.59 Å². The Bertz CT molecular complexity index is 900. The lowest BCUT2D eigenvalue weighted by Gasteiger charge is -2.38. The fourth-order valence-corrected chi connectivity index (χ4v) is 3.57. The number of carbonyl (C=O) groups excluding carboxylic acids is 2. The molecule has 3 rings (SSSR count). The van der Waals surface area contributed by atoms with Gasteiger partial charge in [0.25, 0.3) is 5.91 Å². The second-order valence-corrected chi connectivity index (χ2v) is 6.78. The molecular weight excluding hydrogens is 357 g/mol. The van der Waals surface area contributed by atoms with E-state index in [1.54, 1.807) is 4.90 Å². The van der Waals surface area contributed by atoms with Gasteiger partial charge in [-0.15, -0.1) is 0 Å². The van der Waals surface area contributed by atoms with Gasteiger partial charge in [0.2, 0.25) is 5.91 Å². The molecule has 0 spiro atoms. The molecule has 0 bridgehead atoms. The van der Waals surface area contributed by atoms with Crippen molar-refractivity contribution in [1.82, 2.24) is 4.90 Å². The van der Waals surface area contributed by atoms with Gasteiger partial charge in [0.15, 0.2) is 0 Å². The average Bonchev–Trinajstić information content (AvgIpc) is 2.74. The van der Waals surface area contributed by atoms with E-state index < -0.39 is 5.82 Å². The van der Waals surface area contributed by atoms with Crippen LogP contribution in [0.2, 0.25) is 0 Å². The highest BCUT2D eigenvalue weighted by molar-refractivity contribution is 5.95. The molecule has 28 heavy (non-hydrogen) atoms. The minimum Gasteiger partial charge on any atom is -0.338 e. The number of hydrogen-bond acceptors (Lipinski definition) is 3. The summed E-state index contributed by atoms with van der Waals surface area (Å²) in [6, 6.07) is 15.3. The molecule has 1 aliphatic rings. The van der Waals surface area contributed by atoms with Gasteiger partial charge in [-0.05, 0) is 43.2 Å². The first kappa shape index (κ1) is 19.6. The predicted octanol–water partition coefficient (Wildman–Crippen LogP) is 3.75. The molecule has 0 aliphatic carbocycles. The van der Waals surface area contributed by atoms with Gasteiger partial charge in [0.1, 0.15) is 5.82 Å². The molecule has 1 fully saturated rings. The number of rotatable bonds is 4. The standard InChI is InChI=1S/C22H22FN3O2/c1-2-21(27)26(17-6-4-3-5-7-17)18-10-12-25(13-11-18)22(28)19-9-8-16(15-24)14-20(19)23/h3-9,14,18H,2,10-13H2,1H3. The van der Waals surface area contributed by atoms with E-state index in [1.165, 1.54) is 12.1 Å². The zero-order valence-electron chi connectivity index (χ0n) is 15.8. The first-order valence-corrected chi connectivity index (χ1v) is 9.41. The fourth-order valence-electron chi connectivity index (χ4n) is 3.57. The number of amides is 2. The lowest BCUT2D eigenvalue weighted by Crippen LogP contribution is -2.49. The second kappa shape index (κ2) is 8.66. The zero-order chi connectivity index (χ0) is 20.1. The Morgan fingerprint density at radius 3 is 2.43 bits per heavy atom. The number of piperidine rings is 1. The molecule has 2 aromatic rings. The van der Waals surface area contributed by atoms with Crippen molar-refractivity contribution in [2.75, 3.05) is 18.0 Å². The third kappa shape index (κ3) is 4.04. The van der Waals surface area contributed by atoms with Gasteiger partial charge in [0.05, 0.1) is 17.2 Å². The molecule has 2 aromatic carbocycles. The van der Waals surface area contributed by atoms with E-state index in [4.69, 9.17) is 5.26 Å². The summed E-state index contributed by atoms with van der Waals surface area (Å²) in [5.41, 5.74) is 1.02. The Morgan fingerprint density at radius 1 is 1.18 bits per heavy atom. The number of hydrogen-bond donors (Lipinski definition) is 0. The Balaban J connectivity index is 1.72. The highest BCUT2D eigenvalue weighted by Gasteiger charge is 2.31.